The number of epoxide rings is 1. The maximum atomic E-state index is 13.0. The molecular weight excluding hydrogens is 232 g/mol. The topological polar surface area (TPSA) is 58.7 Å². The number of carbonyl (C=O) groups is 1. The highest BCUT2D eigenvalue weighted by atomic mass is 16.6. The second kappa shape index (κ2) is 4.20. The van der Waals surface area contributed by atoms with Crippen LogP contribution in [0, 0.1) is 5.92 Å². The summed E-state index contributed by atoms with van der Waals surface area (Å²) in [7, 11) is 1.32. The molecule has 0 N–H and O–H groups in total. The van der Waals surface area contributed by atoms with Crippen molar-refractivity contribution in [1.82, 2.24) is 0 Å². The molecule has 2 saturated carbocycles. The highest BCUT2D eigenvalue weighted by Gasteiger charge is 2.69. The van der Waals surface area contributed by atoms with Crippen molar-refractivity contribution in [2.75, 3.05) is 7.11 Å². The van der Waals surface area contributed by atoms with E-state index in [0.717, 1.165) is 38.5 Å². The molecule has 4 heteroatoms. The van der Waals surface area contributed by atoms with E-state index in [1.54, 1.807) is 0 Å². The van der Waals surface area contributed by atoms with Crippen LogP contribution in [0.25, 0.3) is 0 Å². The van der Waals surface area contributed by atoms with E-state index >= 15 is 0 Å². The van der Waals surface area contributed by atoms with Crippen molar-refractivity contribution < 1.29 is 19.4 Å². The largest absolute Gasteiger partial charge is 0.467 e. The molecule has 4 atom stereocenters. The Labute approximate surface area is 108 Å². The van der Waals surface area contributed by atoms with E-state index in [1.165, 1.54) is 13.5 Å². The normalized spacial score (nSPS) is 47.2. The van der Waals surface area contributed by atoms with Gasteiger partial charge in [0, 0.05) is 5.92 Å². The fourth-order valence-corrected chi connectivity index (χ4v) is 4.17. The van der Waals surface area contributed by atoms with Crippen LogP contribution < -0.4 is 0 Å². The number of carbonyl (C=O) groups excluding carboxylic acids is 1. The van der Waals surface area contributed by atoms with Gasteiger partial charge in [0.2, 0.25) is 5.60 Å². The number of esters is 1. The predicted molar refractivity (Wildman–Crippen MR) is 63.5 cm³/mol. The Morgan fingerprint density at radius 2 is 1.89 bits per heavy atom. The van der Waals surface area contributed by atoms with Crippen molar-refractivity contribution in [3.63, 3.8) is 0 Å². The lowest BCUT2D eigenvalue weighted by atomic mass is 9.65. The first kappa shape index (κ1) is 12.4. The molecule has 4 nitrogen and oxygen atoms in total. The molecule has 1 saturated heterocycles. The van der Waals surface area contributed by atoms with Crippen LogP contribution in [0.1, 0.15) is 51.4 Å². The van der Waals surface area contributed by atoms with E-state index in [2.05, 4.69) is 0 Å². The highest BCUT2D eigenvalue weighted by Crippen LogP contribution is 2.58. The maximum absolute atomic E-state index is 13.0. The summed E-state index contributed by atoms with van der Waals surface area (Å²) in [6.45, 7) is 0. The molecule has 3 fully saturated rings. The van der Waals surface area contributed by atoms with Gasteiger partial charge in [-0.05, 0) is 32.1 Å². The van der Waals surface area contributed by atoms with Crippen LogP contribution in [0.4, 0.5) is 0 Å². The van der Waals surface area contributed by atoms with E-state index < -0.39 is 11.6 Å². The summed E-state index contributed by atoms with van der Waals surface area (Å²) in [4.78, 5) is 11.9. The molecule has 0 aromatic carbocycles. The lowest BCUT2D eigenvalue weighted by Gasteiger charge is -2.40. The minimum Gasteiger partial charge on any atom is -0.467 e. The van der Waals surface area contributed by atoms with E-state index in [9.17, 15) is 9.90 Å². The van der Waals surface area contributed by atoms with Crippen molar-refractivity contribution in [3.8, 4) is 0 Å². The molecule has 1 aliphatic heterocycles. The van der Waals surface area contributed by atoms with Gasteiger partial charge in [-0.1, -0.05) is 19.3 Å². The Morgan fingerprint density at radius 1 is 1.17 bits per heavy atom. The minimum atomic E-state index is -1.57. The summed E-state index contributed by atoms with van der Waals surface area (Å²) < 4.78 is 10.7. The van der Waals surface area contributed by atoms with Gasteiger partial charge in [-0.2, -0.15) is 0 Å². The van der Waals surface area contributed by atoms with Crippen LogP contribution >= 0.6 is 0 Å². The smallest absolute Gasteiger partial charge is 0.341 e. The zero-order valence-electron chi connectivity index (χ0n) is 10.9. The molecule has 0 spiro atoms. The van der Waals surface area contributed by atoms with Crippen LogP contribution in [0.5, 0.6) is 0 Å². The standard InChI is InChI=1S/C14H21O4/c1-17-12(15)13(16)8-4-2-6-10(13)14-9-5-3-7-11(14)18-14/h10-11H,2-9H2,1H3. The molecule has 0 aromatic heterocycles. The molecule has 2 aliphatic carbocycles. The van der Waals surface area contributed by atoms with Crippen LogP contribution in [0.3, 0.4) is 0 Å². The zero-order valence-corrected chi connectivity index (χ0v) is 10.9. The fraction of sp³-hybridized carbons (Fsp3) is 0.929. The summed E-state index contributed by atoms with van der Waals surface area (Å²) in [5, 5.41) is 13.0. The van der Waals surface area contributed by atoms with Crippen molar-refractivity contribution in [2.24, 2.45) is 5.92 Å². The third-order valence-electron chi connectivity index (χ3n) is 5.11. The highest BCUT2D eigenvalue weighted by molar-refractivity contribution is 5.80. The van der Waals surface area contributed by atoms with Crippen molar-refractivity contribution in [1.29, 1.82) is 0 Å². The summed E-state index contributed by atoms with van der Waals surface area (Å²) in [6, 6.07) is 0. The molecule has 1 heterocycles. The maximum Gasteiger partial charge on any atom is 0.341 e. The quantitative estimate of drug-likeness (QED) is 0.560. The SMILES string of the molecule is COC(=O)C1([O])CCCCC1C12CCCCC1O2. The lowest BCUT2D eigenvalue weighted by Crippen LogP contribution is -2.54. The summed E-state index contributed by atoms with van der Waals surface area (Å²) in [5.41, 5.74) is -1.85. The minimum absolute atomic E-state index is 0.184. The molecule has 3 aliphatic rings. The third kappa shape index (κ3) is 1.62. The Hall–Kier alpha value is -0.610. The van der Waals surface area contributed by atoms with Gasteiger partial charge in [-0.15, -0.1) is 0 Å². The molecule has 4 unspecified atom stereocenters. The second-order valence-corrected chi connectivity index (χ2v) is 5.99. The van der Waals surface area contributed by atoms with Crippen LogP contribution in [-0.4, -0.2) is 30.4 Å². The summed E-state index contributed by atoms with van der Waals surface area (Å²) in [5.74, 6) is -0.766. The first-order valence-electron chi connectivity index (χ1n) is 7.10. The average molecular weight is 253 g/mol. The summed E-state index contributed by atoms with van der Waals surface area (Å²) in [6.07, 6.45) is 7.61. The van der Waals surface area contributed by atoms with Crippen molar-refractivity contribution in [3.05, 3.63) is 0 Å². The second-order valence-electron chi connectivity index (χ2n) is 5.99. The average Bonchev–Trinajstić information content (AvgIpc) is 3.13. The first-order valence-corrected chi connectivity index (χ1v) is 7.10. The molecule has 0 bridgehead atoms. The number of hydrogen-bond acceptors (Lipinski definition) is 3. The number of rotatable bonds is 2. The van der Waals surface area contributed by atoms with Gasteiger partial charge >= 0.3 is 5.97 Å². The number of ether oxygens (including phenoxy) is 2. The van der Waals surface area contributed by atoms with Gasteiger partial charge in [0.15, 0.2) is 0 Å². The molecule has 18 heavy (non-hydrogen) atoms. The molecule has 0 amide bonds. The molecule has 101 valence electrons. The monoisotopic (exact) mass is 253 g/mol. The number of hydrogen-bond donors (Lipinski definition) is 0. The summed E-state index contributed by atoms with van der Waals surface area (Å²) >= 11 is 0. The van der Waals surface area contributed by atoms with Crippen LogP contribution in [0.15, 0.2) is 0 Å². The lowest BCUT2D eigenvalue weighted by molar-refractivity contribution is -0.190. The molecule has 1 radical (unpaired) electrons. The van der Waals surface area contributed by atoms with Crippen LogP contribution in [0.2, 0.25) is 0 Å². The van der Waals surface area contributed by atoms with Gasteiger partial charge in [-0.25, -0.2) is 9.90 Å². The van der Waals surface area contributed by atoms with Gasteiger partial charge in [-0.3, -0.25) is 0 Å². The van der Waals surface area contributed by atoms with E-state index in [-0.39, 0.29) is 17.6 Å². The predicted octanol–water partition coefficient (Wildman–Crippen LogP) is 2.23. The fourth-order valence-electron chi connectivity index (χ4n) is 4.17. The third-order valence-corrected chi connectivity index (χ3v) is 5.11. The Morgan fingerprint density at radius 3 is 2.61 bits per heavy atom. The van der Waals surface area contributed by atoms with Gasteiger partial charge in [0.25, 0.3) is 0 Å². The van der Waals surface area contributed by atoms with E-state index in [0.29, 0.717) is 6.42 Å². The van der Waals surface area contributed by atoms with E-state index in [4.69, 9.17) is 9.47 Å². The van der Waals surface area contributed by atoms with Gasteiger partial charge in [0.05, 0.1) is 13.2 Å². The first-order chi connectivity index (χ1) is 8.63. The molecule has 3 rings (SSSR count). The molecular formula is C14H21O4. The van der Waals surface area contributed by atoms with Crippen molar-refractivity contribution >= 4 is 5.97 Å². The Kier molecular flexibility index (Phi) is 2.90. The number of fused-ring (bicyclic) bond motifs is 1. The Balaban J connectivity index is 1.86. The van der Waals surface area contributed by atoms with E-state index in [1.807, 2.05) is 0 Å². The molecule has 0 aromatic rings. The van der Waals surface area contributed by atoms with Crippen molar-refractivity contribution in [2.45, 2.75) is 68.7 Å². The Bertz CT molecular complexity index is 356. The number of methoxy groups -OCH3 is 1. The zero-order chi connectivity index (χ0) is 12.8. The van der Waals surface area contributed by atoms with Gasteiger partial charge < -0.3 is 9.47 Å². The van der Waals surface area contributed by atoms with Gasteiger partial charge in [0.1, 0.15) is 5.60 Å². The van der Waals surface area contributed by atoms with Crippen LogP contribution in [-0.2, 0) is 19.4 Å².